The van der Waals surface area contributed by atoms with E-state index in [1.165, 1.54) is 0 Å². The van der Waals surface area contributed by atoms with E-state index in [1.54, 1.807) is 12.1 Å². The maximum atomic E-state index is 12.4. The lowest BCUT2D eigenvalue weighted by molar-refractivity contribution is -0.123. The third kappa shape index (κ3) is 5.61. The van der Waals surface area contributed by atoms with E-state index < -0.39 is 16.1 Å². The average Bonchev–Trinajstić information content (AvgIpc) is 3.03. The van der Waals surface area contributed by atoms with Crippen LogP contribution in [-0.4, -0.2) is 32.9 Å². The zero-order valence-corrected chi connectivity index (χ0v) is 15.7. The number of hydrogen-bond acceptors (Lipinski definition) is 5. The summed E-state index contributed by atoms with van der Waals surface area (Å²) in [6, 6.07) is 4.63. The first-order chi connectivity index (χ1) is 11.8. The molecule has 2 N–H and O–H groups in total. The fraction of sp³-hybridized carbons (Fsp3) is 0.588. The number of sulfonamides is 1. The first kappa shape index (κ1) is 19.5. The first-order valence-electron chi connectivity index (χ1n) is 8.48. The van der Waals surface area contributed by atoms with Crippen molar-refractivity contribution in [3.05, 3.63) is 23.8 Å². The Labute approximate surface area is 149 Å². The highest BCUT2D eigenvalue weighted by Gasteiger charge is 2.27. The quantitative estimate of drug-likeness (QED) is 0.691. The van der Waals surface area contributed by atoms with Gasteiger partial charge in [0.25, 0.3) is 0 Å². The van der Waals surface area contributed by atoms with Gasteiger partial charge in [0, 0.05) is 6.54 Å². The Bertz CT molecular complexity index is 703. The molecule has 1 atom stereocenters. The molecule has 0 spiro atoms. The van der Waals surface area contributed by atoms with Crippen molar-refractivity contribution in [1.82, 2.24) is 10.0 Å². The van der Waals surface area contributed by atoms with Gasteiger partial charge in [-0.05, 0) is 30.0 Å². The molecule has 140 valence electrons. The number of amides is 1. The SMILES string of the molecule is CCCCS(=O)(=O)N[C@@H](C(=O)NCc1ccc2c(c1)OCO2)C(C)C. The molecule has 2 rings (SSSR count). The monoisotopic (exact) mass is 370 g/mol. The van der Waals surface area contributed by atoms with Gasteiger partial charge in [0.05, 0.1) is 5.75 Å². The minimum atomic E-state index is -3.47. The van der Waals surface area contributed by atoms with E-state index >= 15 is 0 Å². The highest BCUT2D eigenvalue weighted by atomic mass is 32.2. The Morgan fingerprint density at radius 3 is 2.64 bits per heavy atom. The molecule has 0 aliphatic carbocycles. The van der Waals surface area contributed by atoms with Gasteiger partial charge in [-0.3, -0.25) is 4.79 Å². The maximum Gasteiger partial charge on any atom is 0.238 e. The Hall–Kier alpha value is -1.80. The summed E-state index contributed by atoms with van der Waals surface area (Å²) in [4.78, 5) is 12.4. The Balaban J connectivity index is 1.96. The van der Waals surface area contributed by atoms with Crippen LogP contribution < -0.4 is 19.5 Å². The van der Waals surface area contributed by atoms with Gasteiger partial charge in [-0.25, -0.2) is 13.1 Å². The zero-order valence-electron chi connectivity index (χ0n) is 14.9. The second-order valence-corrected chi connectivity index (χ2v) is 8.29. The molecular weight excluding hydrogens is 344 g/mol. The second kappa shape index (κ2) is 8.53. The topological polar surface area (TPSA) is 93.7 Å². The van der Waals surface area contributed by atoms with Crippen LogP contribution in [0, 0.1) is 5.92 Å². The molecule has 0 aromatic heterocycles. The summed E-state index contributed by atoms with van der Waals surface area (Å²) in [7, 11) is -3.47. The number of carbonyl (C=O) groups excluding carboxylic acids is 1. The van der Waals surface area contributed by atoms with Gasteiger partial charge in [-0.1, -0.05) is 33.3 Å². The van der Waals surface area contributed by atoms with Crippen LogP contribution in [0.2, 0.25) is 0 Å². The van der Waals surface area contributed by atoms with Gasteiger partial charge in [0.2, 0.25) is 22.7 Å². The molecule has 0 saturated heterocycles. The summed E-state index contributed by atoms with van der Waals surface area (Å²) in [5, 5.41) is 2.79. The molecule has 0 saturated carbocycles. The van der Waals surface area contributed by atoms with Gasteiger partial charge >= 0.3 is 0 Å². The molecule has 1 aromatic rings. The largest absolute Gasteiger partial charge is 0.454 e. The molecule has 7 nitrogen and oxygen atoms in total. The van der Waals surface area contributed by atoms with Gasteiger partial charge in [0.1, 0.15) is 6.04 Å². The summed E-state index contributed by atoms with van der Waals surface area (Å²) in [5.74, 6) is 0.856. The number of rotatable bonds is 9. The fourth-order valence-corrected chi connectivity index (χ4v) is 3.98. The minimum absolute atomic E-state index is 0.0299. The van der Waals surface area contributed by atoms with Crippen LogP contribution in [0.4, 0.5) is 0 Å². The van der Waals surface area contributed by atoms with Crippen molar-refractivity contribution < 1.29 is 22.7 Å². The predicted octanol–water partition coefficient (Wildman–Crippen LogP) is 1.78. The van der Waals surface area contributed by atoms with E-state index in [-0.39, 0.29) is 30.9 Å². The molecule has 1 amide bonds. The molecule has 0 fully saturated rings. The lowest BCUT2D eigenvalue weighted by Gasteiger charge is -2.21. The van der Waals surface area contributed by atoms with Gasteiger partial charge < -0.3 is 14.8 Å². The average molecular weight is 370 g/mol. The molecule has 0 unspecified atom stereocenters. The zero-order chi connectivity index (χ0) is 18.4. The summed E-state index contributed by atoms with van der Waals surface area (Å²) >= 11 is 0. The van der Waals surface area contributed by atoms with Crippen molar-refractivity contribution in [3.63, 3.8) is 0 Å². The molecule has 1 aromatic carbocycles. The van der Waals surface area contributed by atoms with Gasteiger partial charge in [0.15, 0.2) is 11.5 Å². The Kier molecular flexibility index (Phi) is 6.66. The highest BCUT2D eigenvalue weighted by molar-refractivity contribution is 7.89. The minimum Gasteiger partial charge on any atom is -0.454 e. The molecule has 8 heteroatoms. The summed E-state index contributed by atoms with van der Waals surface area (Å²) in [6.45, 7) is 6.03. The molecule has 25 heavy (non-hydrogen) atoms. The van der Waals surface area contributed by atoms with Crippen molar-refractivity contribution in [2.24, 2.45) is 5.92 Å². The standard InChI is InChI=1S/C17H26N2O5S/c1-4-5-8-25(21,22)19-16(12(2)3)17(20)18-10-13-6-7-14-15(9-13)24-11-23-14/h6-7,9,12,16,19H,4-5,8,10-11H2,1-3H3,(H,18,20)/t16-/m1/s1. The van der Waals surface area contributed by atoms with E-state index in [2.05, 4.69) is 10.0 Å². The molecule has 0 bridgehead atoms. The third-order valence-electron chi connectivity index (χ3n) is 3.93. The lowest BCUT2D eigenvalue weighted by atomic mass is 10.0. The van der Waals surface area contributed by atoms with E-state index in [9.17, 15) is 13.2 Å². The van der Waals surface area contributed by atoms with Gasteiger partial charge in [-0.15, -0.1) is 0 Å². The van der Waals surface area contributed by atoms with Crippen LogP contribution >= 0.6 is 0 Å². The Morgan fingerprint density at radius 1 is 1.24 bits per heavy atom. The van der Waals surface area contributed by atoms with E-state index in [1.807, 2.05) is 26.8 Å². The van der Waals surface area contributed by atoms with Crippen LogP contribution in [0.25, 0.3) is 0 Å². The van der Waals surface area contributed by atoms with Crippen LogP contribution in [0.5, 0.6) is 11.5 Å². The summed E-state index contributed by atoms with van der Waals surface area (Å²) < 4.78 is 37.3. The van der Waals surface area contributed by atoms with Crippen molar-refractivity contribution >= 4 is 15.9 Å². The molecular formula is C17H26N2O5S. The van der Waals surface area contributed by atoms with Crippen LogP contribution in [0.15, 0.2) is 18.2 Å². The number of benzene rings is 1. The normalized spacial score (nSPS) is 14.6. The van der Waals surface area contributed by atoms with E-state index in [4.69, 9.17) is 9.47 Å². The van der Waals surface area contributed by atoms with Crippen LogP contribution in [0.3, 0.4) is 0 Å². The van der Waals surface area contributed by atoms with Crippen LogP contribution in [0.1, 0.15) is 39.2 Å². The summed E-state index contributed by atoms with van der Waals surface area (Å²) in [6.07, 6.45) is 1.35. The van der Waals surface area contributed by atoms with Crippen molar-refractivity contribution in [3.8, 4) is 11.5 Å². The number of nitrogens with one attached hydrogen (secondary N) is 2. The first-order valence-corrected chi connectivity index (χ1v) is 10.1. The van der Waals surface area contributed by atoms with Crippen LogP contribution in [-0.2, 0) is 21.4 Å². The number of ether oxygens (including phenoxy) is 2. The number of hydrogen-bond donors (Lipinski definition) is 2. The lowest BCUT2D eigenvalue weighted by Crippen LogP contribution is -2.50. The molecule has 1 aliphatic rings. The predicted molar refractivity (Wildman–Crippen MR) is 94.9 cm³/mol. The number of carbonyl (C=O) groups is 1. The van der Waals surface area contributed by atoms with Crippen molar-refractivity contribution in [1.29, 1.82) is 0 Å². The number of unbranched alkanes of at least 4 members (excludes halogenated alkanes) is 1. The summed E-state index contributed by atoms with van der Waals surface area (Å²) in [5.41, 5.74) is 0.856. The molecule has 0 radical (unpaired) electrons. The van der Waals surface area contributed by atoms with Crippen molar-refractivity contribution in [2.45, 2.75) is 46.2 Å². The second-order valence-electron chi connectivity index (χ2n) is 6.42. The fourth-order valence-electron chi connectivity index (χ4n) is 2.43. The van der Waals surface area contributed by atoms with E-state index in [0.29, 0.717) is 17.9 Å². The molecule has 1 aliphatic heterocycles. The maximum absolute atomic E-state index is 12.4. The smallest absolute Gasteiger partial charge is 0.238 e. The van der Waals surface area contributed by atoms with E-state index in [0.717, 1.165) is 12.0 Å². The van der Waals surface area contributed by atoms with Gasteiger partial charge in [-0.2, -0.15) is 0 Å². The number of fused-ring (bicyclic) bond motifs is 1. The highest BCUT2D eigenvalue weighted by Crippen LogP contribution is 2.32. The Morgan fingerprint density at radius 2 is 1.96 bits per heavy atom. The molecule has 1 heterocycles. The van der Waals surface area contributed by atoms with Crippen molar-refractivity contribution in [2.75, 3.05) is 12.5 Å². The third-order valence-corrected chi connectivity index (χ3v) is 5.37.